The number of nitrogens with two attached hydrogens (primary N) is 1. The van der Waals surface area contributed by atoms with Crippen molar-refractivity contribution in [3.63, 3.8) is 0 Å². The summed E-state index contributed by atoms with van der Waals surface area (Å²) in [6.07, 6.45) is -0.989. The molecule has 2 atom stereocenters. The second kappa shape index (κ2) is 5.69. The molecule has 11 heteroatoms. The van der Waals surface area contributed by atoms with Crippen LogP contribution in [0.1, 0.15) is 0 Å². The lowest BCUT2D eigenvalue weighted by Gasteiger charge is -2.20. The summed E-state index contributed by atoms with van der Waals surface area (Å²) >= 11 is 0. The molecular weight excluding hydrogens is 358 g/mol. The van der Waals surface area contributed by atoms with Crippen molar-refractivity contribution in [1.82, 2.24) is 9.21 Å². The van der Waals surface area contributed by atoms with E-state index in [1.165, 1.54) is 21.3 Å². The Morgan fingerprint density at radius 3 is 1.83 bits per heavy atom. The van der Waals surface area contributed by atoms with Crippen molar-refractivity contribution in [2.24, 2.45) is 17.0 Å². The molecule has 1 aromatic carbocycles. The molecule has 0 aliphatic carbocycles. The Bertz CT molecular complexity index is 851. The van der Waals surface area contributed by atoms with Crippen LogP contribution in [0.5, 0.6) is 0 Å². The maximum absolute atomic E-state index is 12.7. The minimum absolute atomic E-state index is 0.00929. The molecule has 0 saturated carbocycles. The Hall–Kier alpha value is -1.69. The van der Waals surface area contributed by atoms with Gasteiger partial charge in [0.15, 0.2) is 0 Å². The molecule has 1 amide bonds. The van der Waals surface area contributed by atoms with E-state index in [2.05, 4.69) is 0 Å². The van der Waals surface area contributed by atoms with Gasteiger partial charge in [-0.15, -0.1) is 0 Å². The molecule has 132 valence electrons. The number of sulfonamides is 2. The fraction of sp³-hybridized carbons (Fsp3) is 0.462. The van der Waals surface area contributed by atoms with Gasteiger partial charge in [-0.2, -0.15) is 4.31 Å². The van der Waals surface area contributed by atoms with Gasteiger partial charge in [-0.05, 0) is 36.1 Å². The highest BCUT2D eigenvalue weighted by Crippen LogP contribution is 2.34. The maximum Gasteiger partial charge on any atom is 0.407 e. The molecule has 0 unspecified atom stereocenters. The molecule has 0 aromatic heterocycles. The average molecular weight is 375 g/mol. The summed E-state index contributed by atoms with van der Waals surface area (Å²) in [5.41, 5.74) is 0. The Morgan fingerprint density at radius 1 is 0.958 bits per heavy atom. The number of hydrogen-bond donors (Lipinski definition) is 2. The van der Waals surface area contributed by atoms with Crippen molar-refractivity contribution in [3.05, 3.63) is 24.3 Å². The molecule has 2 saturated heterocycles. The zero-order chi connectivity index (χ0) is 17.7. The first-order chi connectivity index (χ1) is 11.1. The van der Waals surface area contributed by atoms with Gasteiger partial charge in [0.25, 0.3) is 0 Å². The third kappa shape index (κ3) is 2.99. The average Bonchev–Trinajstić information content (AvgIpc) is 3.05. The Balaban J connectivity index is 1.77. The molecule has 24 heavy (non-hydrogen) atoms. The standard InChI is InChI=1S/C13H17N3O6S2/c14-23(19,20)11-1-3-12(4-2-11)24(21,22)16-7-9-5-15(13(17)18)6-10(9)8-16/h1-4,9-10H,5-8H2,(H,17,18)(H2,14,19,20)/t9-,10+. The Labute approximate surface area is 139 Å². The predicted molar refractivity (Wildman–Crippen MR) is 83.2 cm³/mol. The third-order valence-electron chi connectivity index (χ3n) is 4.51. The van der Waals surface area contributed by atoms with Crippen molar-refractivity contribution in [3.8, 4) is 0 Å². The van der Waals surface area contributed by atoms with Gasteiger partial charge < -0.3 is 10.0 Å². The summed E-state index contributed by atoms with van der Waals surface area (Å²) in [5, 5.41) is 14.0. The Morgan fingerprint density at radius 2 is 1.42 bits per heavy atom. The summed E-state index contributed by atoms with van der Waals surface area (Å²) < 4.78 is 49.1. The minimum atomic E-state index is -3.88. The number of amides is 1. The van der Waals surface area contributed by atoms with Crippen LogP contribution in [0.2, 0.25) is 0 Å². The molecule has 0 bridgehead atoms. The van der Waals surface area contributed by atoms with Crippen molar-refractivity contribution in [1.29, 1.82) is 0 Å². The molecular formula is C13H17N3O6S2. The number of likely N-dealkylation sites (tertiary alicyclic amines) is 1. The van der Waals surface area contributed by atoms with Gasteiger partial charge in [-0.3, -0.25) is 0 Å². The minimum Gasteiger partial charge on any atom is -0.465 e. The van der Waals surface area contributed by atoms with Gasteiger partial charge in [0.05, 0.1) is 9.79 Å². The summed E-state index contributed by atoms with van der Waals surface area (Å²) in [6.45, 7) is 1.17. The van der Waals surface area contributed by atoms with E-state index in [1.807, 2.05) is 0 Å². The van der Waals surface area contributed by atoms with Gasteiger partial charge in [-0.1, -0.05) is 0 Å². The van der Waals surface area contributed by atoms with Crippen molar-refractivity contribution >= 4 is 26.1 Å². The van der Waals surface area contributed by atoms with Gasteiger partial charge in [0.2, 0.25) is 20.0 Å². The lowest BCUT2D eigenvalue weighted by molar-refractivity contribution is 0.151. The monoisotopic (exact) mass is 375 g/mol. The first kappa shape index (κ1) is 17.1. The number of fused-ring (bicyclic) bond motifs is 1. The summed E-state index contributed by atoms with van der Waals surface area (Å²) in [7, 11) is -7.63. The van der Waals surface area contributed by atoms with Gasteiger partial charge >= 0.3 is 6.09 Å². The molecule has 2 aliphatic rings. The SMILES string of the molecule is NS(=O)(=O)c1ccc(S(=O)(=O)N2C[C@H]3CN(C(=O)O)C[C@H]3C2)cc1. The van der Waals surface area contributed by atoms with Crippen LogP contribution in [-0.2, 0) is 20.0 Å². The van der Waals surface area contributed by atoms with Gasteiger partial charge in [-0.25, -0.2) is 26.8 Å². The highest BCUT2D eigenvalue weighted by molar-refractivity contribution is 7.89. The van der Waals surface area contributed by atoms with E-state index in [-0.39, 0.29) is 34.7 Å². The molecule has 9 nitrogen and oxygen atoms in total. The summed E-state index contributed by atoms with van der Waals surface area (Å²) in [5.74, 6) is -0.0286. The lowest BCUT2D eigenvalue weighted by atomic mass is 10.0. The quantitative estimate of drug-likeness (QED) is 0.735. The summed E-state index contributed by atoms with van der Waals surface area (Å²) in [6, 6.07) is 4.75. The largest absolute Gasteiger partial charge is 0.465 e. The van der Waals surface area contributed by atoms with Crippen molar-refractivity contribution in [2.45, 2.75) is 9.79 Å². The first-order valence-corrected chi connectivity index (χ1v) is 10.2. The fourth-order valence-corrected chi connectivity index (χ4v) is 5.32. The smallest absolute Gasteiger partial charge is 0.407 e. The lowest BCUT2D eigenvalue weighted by Crippen LogP contribution is -2.35. The topological polar surface area (TPSA) is 138 Å². The van der Waals surface area contributed by atoms with Gasteiger partial charge in [0, 0.05) is 26.2 Å². The zero-order valence-corrected chi connectivity index (χ0v) is 14.2. The number of primary sulfonamides is 1. The Kier molecular flexibility index (Phi) is 4.06. The molecule has 2 fully saturated rings. The third-order valence-corrected chi connectivity index (χ3v) is 7.29. The van der Waals surface area contributed by atoms with Gasteiger partial charge in [0.1, 0.15) is 0 Å². The van der Waals surface area contributed by atoms with Crippen molar-refractivity contribution < 1.29 is 26.7 Å². The summed E-state index contributed by atoms with van der Waals surface area (Å²) in [4.78, 5) is 12.1. The molecule has 2 aliphatic heterocycles. The number of nitrogens with zero attached hydrogens (tertiary/aromatic N) is 2. The normalized spacial score (nSPS) is 25.0. The van der Waals surface area contributed by atoms with E-state index < -0.39 is 26.1 Å². The number of benzene rings is 1. The van der Waals surface area contributed by atoms with Crippen LogP contribution in [0, 0.1) is 11.8 Å². The highest BCUT2D eigenvalue weighted by Gasteiger charge is 2.45. The number of carboxylic acid groups (broad SMARTS) is 1. The van der Waals surface area contributed by atoms with E-state index in [9.17, 15) is 21.6 Å². The van der Waals surface area contributed by atoms with E-state index in [0.29, 0.717) is 13.1 Å². The van der Waals surface area contributed by atoms with Crippen LogP contribution in [0.4, 0.5) is 4.79 Å². The highest BCUT2D eigenvalue weighted by atomic mass is 32.2. The molecule has 2 heterocycles. The molecule has 3 N–H and O–H groups in total. The number of hydrogen-bond acceptors (Lipinski definition) is 5. The first-order valence-electron chi connectivity index (χ1n) is 7.20. The molecule has 3 rings (SSSR count). The number of rotatable bonds is 3. The van der Waals surface area contributed by atoms with Crippen LogP contribution < -0.4 is 5.14 Å². The second-order valence-corrected chi connectivity index (χ2v) is 9.55. The fourth-order valence-electron chi connectivity index (χ4n) is 3.25. The predicted octanol–water partition coefficient (Wildman–Crippen LogP) is -0.436. The van der Waals surface area contributed by atoms with Crippen LogP contribution >= 0.6 is 0 Å². The molecule has 1 aromatic rings. The van der Waals surface area contributed by atoms with Crippen LogP contribution in [0.3, 0.4) is 0 Å². The second-order valence-electron chi connectivity index (χ2n) is 6.05. The van der Waals surface area contributed by atoms with E-state index in [4.69, 9.17) is 10.2 Å². The molecule has 0 radical (unpaired) electrons. The van der Waals surface area contributed by atoms with E-state index in [0.717, 1.165) is 12.1 Å². The van der Waals surface area contributed by atoms with Crippen LogP contribution in [0.15, 0.2) is 34.1 Å². The van der Waals surface area contributed by atoms with Crippen LogP contribution in [-0.4, -0.2) is 63.4 Å². The molecule has 0 spiro atoms. The van der Waals surface area contributed by atoms with E-state index in [1.54, 1.807) is 0 Å². The number of carbonyl (C=O) groups is 1. The van der Waals surface area contributed by atoms with E-state index >= 15 is 0 Å². The van der Waals surface area contributed by atoms with Crippen molar-refractivity contribution in [2.75, 3.05) is 26.2 Å². The zero-order valence-electron chi connectivity index (χ0n) is 12.6. The van der Waals surface area contributed by atoms with Crippen LogP contribution in [0.25, 0.3) is 0 Å². The maximum atomic E-state index is 12.7.